The first-order valence-electron chi connectivity index (χ1n) is 10.5. The molecular weight excluding hydrogens is 436 g/mol. The van der Waals surface area contributed by atoms with Gasteiger partial charge in [-0.05, 0) is 24.3 Å². The summed E-state index contributed by atoms with van der Waals surface area (Å²) in [7, 11) is 3.09. The molecule has 0 saturated carbocycles. The standard InChI is InChI=1S/C24H22N6O4/c1-31-18-12-15(13-19-22(18)34-11-10-33-19)30(24-28-14-20(32-2)23(25)29-24)17-7-5-9-27-21(17)16-6-3-4-8-26-16/h3-9,12-14H,10-11H2,1-2H3,(H2,25,28,29). The summed E-state index contributed by atoms with van der Waals surface area (Å²) in [4.78, 5) is 19.9. The highest BCUT2D eigenvalue weighted by Gasteiger charge is 2.26. The first kappa shape index (κ1) is 21.3. The molecule has 10 heteroatoms. The van der Waals surface area contributed by atoms with Crippen molar-refractivity contribution in [3.05, 3.63) is 61.1 Å². The molecule has 5 rings (SSSR count). The number of ether oxygens (including phenoxy) is 4. The van der Waals surface area contributed by atoms with Gasteiger partial charge in [-0.15, -0.1) is 0 Å². The largest absolute Gasteiger partial charge is 0.493 e. The third-order valence-electron chi connectivity index (χ3n) is 5.20. The molecule has 0 amide bonds. The van der Waals surface area contributed by atoms with Crippen LogP contribution in [-0.4, -0.2) is 47.4 Å². The molecule has 1 aliphatic heterocycles. The van der Waals surface area contributed by atoms with E-state index in [2.05, 4.69) is 19.9 Å². The van der Waals surface area contributed by atoms with Crippen molar-refractivity contribution < 1.29 is 18.9 Å². The zero-order valence-electron chi connectivity index (χ0n) is 18.6. The maximum Gasteiger partial charge on any atom is 0.236 e. The lowest BCUT2D eigenvalue weighted by atomic mass is 10.1. The number of pyridine rings is 2. The van der Waals surface area contributed by atoms with Crippen LogP contribution in [0.3, 0.4) is 0 Å². The van der Waals surface area contributed by atoms with Crippen molar-refractivity contribution in [2.75, 3.05) is 38.1 Å². The fourth-order valence-electron chi connectivity index (χ4n) is 3.67. The Labute approximate surface area is 195 Å². The number of anilines is 4. The minimum atomic E-state index is 0.199. The molecule has 2 N–H and O–H groups in total. The molecule has 4 heterocycles. The second-order valence-corrected chi connectivity index (χ2v) is 7.22. The Morgan fingerprint density at radius 3 is 2.50 bits per heavy atom. The molecule has 0 saturated heterocycles. The van der Waals surface area contributed by atoms with Crippen molar-refractivity contribution in [1.29, 1.82) is 0 Å². The Balaban J connectivity index is 1.75. The number of nitrogen functional groups attached to an aromatic ring is 1. The summed E-state index contributed by atoms with van der Waals surface area (Å²) in [5.74, 6) is 2.49. The van der Waals surface area contributed by atoms with Crippen molar-refractivity contribution in [3.8, 4) is 34.4 Å². The van der Waals surface area contributed by atoms with Gasteiger partial charge < -0.3 is 24.7 Å². The van der Waals surface area contributed by atoms with E-state index >= 15 is 0 Å². The average Bonchev–Trinajstić information content (AvgIpc) is 2.89. The number of hydrogen-bond donors (Lipinski definition) is 1. The Morgan fingerprint density at radius 2 is 1.74 bits per heavy atom. The van der Waals surface area contributed by atoms with E-state index in [4.69, 9.17) is 24.7 Å². The van der Waals surface area contributed by atoms with Gasteiger partial charge in [0.1, 0.15) is 18.9 Å². The number of aromatic nitrogens is 4. The Bertz CT molecular complexity index is 1300. The summed E-state index contributed by atoms with van der Waals surface area (Å²) in [6, 6.07) is 13.0. The van der Waals surface area contributed by atoms with Crippen molar-refractivity contribution in [1.82, 2.24) is 19.9 Å². The SMILES string of the molecule is COc1cnc(N(c2cc(OC)c3c(c2)OCCO3)c2cccnc2-c2ccccn2)nc1N. The van der Waals surface area contributed by atoms with Gasteiger partial charge in [-0.2, -0.15) is 4.98 Å². The van der Waals surface area contributed by atoms with Crippen LogP contribution in [0.15, 0.2) is 61.1 Å². The zero-order valence-corrected chi connectivity index (χ0v) is 18.6. The van der Waals surface area contributed by atoms with Crippen LogP contribution in [0.5, 0.6) is 23.0 Å². The molecule has 0 spiro atoms. The molecule has 4 aromatic rings. The normalized spacial score (nSPS) is 12.2. The average molecular weight is 458 g/mol. The lowest BCUT2D eigenvalue weighted by Gasteiger charge is -2.28. The van der Waals surface area contributed by atoms with Gasteiger partial charge in [-0.1, -0.05) is 6.07 Å². The van der Waals surface area contributed by atoms with Crippen LogP contribution in [0.2, 0.25) is 0 Å². The monoisotopic (exact) mass is 458 g/mol. The smallest absolute Gasteiger partial charge is 0.236 e. The van der Waals surface area contributed by atoms with Crippen LogP contribution in [0.25, 0.3) is 11.4 Å². The van der Waals surface area contributed by atoms with Crippen molar-refractivity contribution >= 4 is 23.1 Å². The van der Waals surface area contributed by atoms with E-state index in [0.717, 1.165) is 0 Å². The number of fused-ring (bicyclic) bond motifs is 1. The van der Waals surface area contributed by atoms with Crippen molar-refractivity contribution in [2.24, 2.45) is 0 Å². The fourth-order valence-corrected chi connectivity index (χ4v) is 3.67. The highest BCUT2D eigenvalue weighted by Crippen LogP contribution is 2.47. The van der Waals surface area contributed by atoms with E-state index in [0.29, 0.717) is 64.9 Å². The summed E-state index contributed by atoms with van der Waals surface area (Å²) >= 11 is 0. The van der Waals surface area contributed by atoms with Crippen LogP contribution >= 0.6 is 0 Å². The van der Waals surface area contributed by atoms with Crippen LogP contribution in [0, 0.1) is 0 Å². The molecular formula is C24H22N6O4. The van der Waals surface area contributed by atoms with Crippen molar-refractivity contribution in [2.45, 2.75) is 0 Å². The summed E-state index contributed by atoms with van der Waals surface area (Å²) in [6.45, 7) is 0.870. The lowest BCUT2D eigenvalue weighted by molar-refractivity contribution is 0.165. The minimum absolute atomic E-state index is 0.199. The topological polar surface area (TPSA) is 118 Å². The maximum atomic E-state index is 6.14. The first-order valence-corrected chi connectivity index (χ1v) is 10.5. The van der Waals surface area contributed by atoms with Gasteiger partial charge in [0, 0.05) is 24.5 Å². The summed E-state index contributed by atoms with van der Waals surface area (Å²) in [5.41, 5.74) is 8.81. The van der Waals surface area contributed by atoms with Crippen LogP contribution in [0.1, 0.15) is 0 Å². The van der Waals surface area contributed by atoms with E-state index < -0.39 is 0 Å². The number of hydrogen-bond acceptors (Lipinski definition) is 10. The zero-order chi connectivity index (χ0) is 23.5. The third-order valence-corrected chi connectivity index (χ3v) is 5.20. The first-order chi connectivity index (χ1) is 16.7. The van der Waals surface area contributed by atoms with Crippen molar-refractivity contribution in [3.63, 3.8) is 0 Å². The van der Waals surface area contributed by atoms with Gasteiger partial charge in [0.15, 0.2) is 23.1 Å². The Kier molecular flexibility index (Phi) is 5.69. The quantitative estimate of drug-likeness (QED) is 0.457. The van der Waals surface area contributed by atoms with Crippen LogP contribution < -0.4 is 29.6 Å². The molecule has 172 valence electrons. The molecule has 3 aromatic heterocycles. The number of nitrogens with two attached hydrogens (primary N) is 1. The van der Waals surface area contributed by atoms with E-state index in [1.807, 2.05) is 47.4 Å². The molecule has 34 heavy (non-hydrogen) atoms. The number of methoxy groups -OCH3 is 2. The van der Waals surface area contributed by atoms with E-state index in [1.54, 1.807) is 19.5 Å². The van der Waals surface area contributed by atoms with Gasteiger partial charge in [0.2, 0.25) is 11.7 Å². The van der Waals surface area contributed by atoms with Gasteiger partial charge in [0.05, 0.1) is 37.5 Å². The molecule has 10 nitrogen and oxygen atoms in total. The van der Waals surface area contributed by atoms with E-state index in [9.17, 15) is 0 Å². The second kappa shape index (κ2) is 9.10. The highest BCUT2D eigenvalue weighted by molar-refractivity contribution is 5.84. The second-order valence-electron chi connectivity index (χ2n) is 7.22. The highest BCUT2D eigenvalue weighted by atomic mass is 16.6. The van der Waals surface area contributed by atoms with Crippen LogP contribution in [-0.2, 0) is 0 Å². The Hall–Kier alpha value is -4.60. The summed E-state index contributed by atoms with van der Waals surface area (Å²) < 4.78 is 22.5. The summed E-state index contributed by atoms with van der Waals surface area (Å²) in [6.07, 6.45) is 4.95. The molecule has 0 fully saturated rings. The molecule has 0 aliphatic carbocycles. The maximum absolute atomic E-state index is 6.14. The number of benzene rings is 1. The van der Waals surface area contributed by atoms with E-state index in [1.165, 1.54) is 13.3 Å². The molecule has 0 atom stereocenters. The summed E-state index contributed by atoms with van der Waals surface area (Å²) in [5, 5.41) is 0. The van der Waals surface area contributed by atoms with Gasteiger partial charge in [-0.25, -0.2) is 4.98 Å². The minimum Gasteiger partial charge on any atom is -0.493 e. The van der Waals surface area contributed by atoms with E-state index in [-0.39, 0.29) is 5.82 Å². The number of nitrogens with zero attached hydrogens (tertiary/aromatic N) is 5. The fraction of sp³-hybridized carbons (Fsp3) is 0.167. The van der Waals surface area contributed by atoms with Gasteiger partial charge >= 0.3 is 0 Å². The predicted molar refractivity (Wildman–Crippen MR) is 126 cm³/mol. The molecule has 0 radical (unpaired) electrons. The number of rotatable bonds is 6. The van der Waals surface area contributed by atoms with Gasteiger partial charge in [-0.3, -0.25) is 14.9 Å². The molecule has 0 bridgehead atoms. The van der Waals surface area contributed by atoms with Crippen LogP contribution in [0.4, 0.5) is 23.1 Å². The predicted octanol–water partition coefficient (Wildman–Crippen LogP) is 3.77. The molecule has 1 aliphatic rings. The van der Waals surface area contributed by atoms with Gasteiger partial charge in [0.25, 0.3) is 0 Å². The lowest BCUT2D eigenvalue weighted by Crippen LogP contribution is -2.19. The third kappa shape index (κ3) is 3.85. The Morgan fingerprint density at radius 1 is 0.912 bits per heavy atom. The molecule has 0 unspecified atom stereocenters. The molecule has 1 aromatic carbocycles.